The number of hydrogen-bond acceptors (Lipinski definition) is 5. The van der Waals surface area contributed by atoms with Gasteiger partial charge in [-0.2, -0.15) is 13.2 Å². The Bertz CT molecular complexity index is 605. The lowest BCUT2D eigenvalue weighted by atomic mass is 10.1. The molecule has 0 aliphatic carbocycles. The Hall–Kier alpha value is -1.17. The highest BCUT2D eigenvalue weighted by molar-refractivity contribution is 7.89. The van der Waals surface area contributed by atoms with Crippen LogP contribution in [0.5, 0.6) is 0 Å². The summed E-state index contributed by atoms with van der Waals surface area (Å²) in [6, 6.07) is 0.435. The van der Waals surface area contributed by atoms with Crippen LogP contribution in [0.25, 0.3) is 0 Å². The number of thiophene rings is 1. The van der Waals surface area contributed by atoms with E-state index in [9.17, 15) is 26.4 Å². The van der Waals surface area contributed by atoms with Crippen molar-refractivity contribution in [3.63, 3.8) is 0 Å². The fraction of sp³-hybridized carbons (Fsp3) is 0.444. The third-order valence-corrected chi connectivity index (χ3v) is 4.37. The zero-order valence-corrected chi connectivity index (χ0v) is 11.8. The molecule has 1 rings (SSSR count). The van der Waals surface area contributed by atoms with Crippen molar-refractivity contribution in [3.8, 4) is 0 Å². The minimum Gasteiger partial charge on any atom is -0.479 e. The molecule has 0 aromatic carbocycles. The predicted octanol–water partition coefficient (Wildman–Crippen LogP) is 1.84. The fourth-order valence-corrected chi connectivity index (χ4v) is 2.91. The summed E-state index contributed by atoms with van der Waals surface area (Å²) in [7, 11) is -4.39. The summed E-state index contributed by atoms with van der Waals surface area (Å²) in [6.07, 6.45) is -4.65. The summed E-state index contributed by atoms with van der Waals surface area (Å²) in [5, 5.41) is 9.49. The number of nitrogens with one attached hydrogen (secondary N) is 1. The van der Waals surface area contributed by atoms with E-state index in [0.29, 0.717) is 6.07 Å². The molecule has 0 radical (unpaired) electrons. The Labute approximate surface area is 116 Å². The quantitative estimate of drug-likeness (QED) is 0.802. The minimum atomic E-state index is -4.65. The van der Waals surface area contributed by atoms with Crippen LogP contribution in [0.15, 0.2) is 16.3 Å². The van der Waals surface area contributed by atoms with Crippen LogP contribution in [-0.4, -0.2) is 25.1 Å². The predicted molar refractivity (Wildman–Crippen MR) is 62.4 cm³/mol. The lowest BCUT2D eigenvalue weighted by Gasteiger charge is -2.19. The molecule has 0 aliphatic heterocycles. The lowest BCUT2D eigenvalue weighted by Crippen LogP contribution is -2.41. The summed E-state index contributed by atoms with van der Waals surface area (Å²) in [4.78, 5) is 14.9. The van der Waals surface area contributed by atoms with Gasteiger partial charge in [0, 0.05) is 5.38 Å². The third-order valence-electron chi connectivity index (χ3n) is 2.09. The van der Waals surface area contributed by atoms with Gasteiger partial charge in [0.2, 0.25) is 0 Å². The molecular weight excluding hydrogens is 323 g/mol. The Morgan fingerprint density at radius 3 is 2.35 bits per heavy atom. The SMILES string of the molecule is CC(C)(ONS(=O)(=O)c1csc(C(F)(F)F)c1)C(=O)O. The molecule has 0 unspecified atom stereocenters. The number of hydrogen-bond donors (Lipinski definition) is 2. The van der Waals surface area contributed by atoms with Crippen molar-refractivity contribution in [2.75, 3.05) is 0 Å². The second kappa shape index (κ2) is 5.31. The van der Waals surface area contributed by atoms with Gasteiger partial charge in [-0.1, -0.05) is 4.89 Å². The van der Waals surface area contributed by atoms with Gasteiger partial charge >= 0.3 is 12.1 Å². The van der Waals surface area contributed by atoms with Crippen molar-refractivity contribution in [3.05, 3.63) is 16.3 Å². The van der Waals surface area contributed by atoms with Gasteiger partial charge in [0.05, 0.1) is 4.90 Å². The highest BCUT2D eigenvalue weighted by Crippen LogP contribution is 2.35. The summed E-state index contributed by atoms with van der Waals surface area (Å²) in [5.74, 6) is -1.44. The molecule has 1 heterocycles. The molecule has 1 aromatic rings. The topological polar surface area (TPSA) is 92.7 Å². The van der Waals surface area contributed by atoms with Crippen LogP contribution in [0.3, 0.4) is 0 Å². The van der Waals surface area contributed by atoms with Crippen molar-refractivity contribution in [2.24, 2.45) is 0 Å². The molecule has 0 bridgehead atoms. The van der Waals surface area contributed by atoms with E-state index in [1.165, 1.54) is 4.89 Å². The van der Waals surface area contributed by atoms with E-state index < -0.39 is 37.5 Å². The summed E-state index contributed by atoms with van der Waals surface area (Å²) < 4.78 is 60.4. The van der Waals surface area contributed by atoms with Crippen LogP contribution >= 0.6 is 11.3 Å². The second-order valence-electron chi connectivity index (χ2n) is 4.15. The summed E-state index contributed by atoms with van der Waals surface area (Å²) in [5.41, 5.74) is -1.87. The number of halogens is 3. The molecule has 0 spiro atoms. The van der Waals surface area contributed by atoms with E-state index >= 15 is 0 Å². The molecule has 6 nitrogen and oxygen atoms in total. The van der Waals surface area contributed by atoms with Crippen LogP contribution in [0.1, 0.15) is 18.7 Å². The molecule has 2 N–H and O–H groups in total. The van der Waals surface area contributed by atoms with Crippen LogP contribution in [0.2, 0.25) is 0 Å². The van der Waals surface area contributed by atoms with Crippen molar-refractivity contribution < 1.29 is 36.3 Å². The molecule has 0 saturated carbocycles. The molecule has 114 valence electrons. The molecule has 0 atom stereocenters. The van der Waals surface area contributed by atoms with Crippen LogP contribution in [0, 0.1) is 0 Å². The zero-order chi connectivity index (χ0) is 15.8. The van der Waals surface area contributed by atoms with Gasteiger partial charge < -0.3 is 5.11 Å². The van der Waals surface area contributed by atoms with Crippen molar-refractivity contribution >= 4 is 27.3 Å². The number of carboxylic acids is 1. The largest absolute Gasteiger partial charge is 0.479 e. The first-order valence-corrected chi connectivity index (χ1v) is 7.31. The standard InChI is InChI=1S/C9H10F3NO5S2/c1-8(2,7(14)15)18-13-20(16,17)5-3-6(19-4-5)9(10,11)12/h3-4,13H,1-2H3,(H,14,15). The Morgan fingerprint density at radius 2 is 1.95 bits per heavy atom. The molecule has 1 aromatic heterocycles. The molecule has 11 heteroatoms. The number of aliphatic carboxylic acids is 1. The average molecular weight is 333 g/mol. The zero-order valence-electron chi connectivity index (χ0n) is 10.2. The Kier molecular flexibility index (Phi) is 4.49. The van der Waals surface area contributed by atoms with E-state index in [-0.39, 0.29) is 11.3 Å². The highest BCUT2D eigenvalue weighted by Gasteiger charge is 2.35. The first-order chi connectivity index (χ1) is 8.86. The average Bonchev–Trinajstić information content (AvgIpc) is 2.76. The van der Waals surface area contributed by atoms with Crippen molar-refractivity contribution in [1.29, 1.82) is 0 Å². The van der Waals surface area contributed by atoms with E-state index in [1.54, 1.807) is 0 Å². The van der Waals surface area contributed by atoms with Gasteiger partial charge in [-0.3, -0.25) is 4.84 Å². The van der Waals surface area contributed by atoms with E-state index in [1.807, 2.05) is 0 Å². The second-order valence-corrected chi connectivity index (χ2v) is 6.70. The summed E-state index contributed by atoms with van der Waals surface area (Å²) >= 11 is 0.207. The number of carbonyl (C=O) groups is 1. The molecule has 0 aliphatic rings. The minimum absolute atomic E-state index is 0.207. The maximum absolute atomic E-state index is 12.4. The summed E-state index contributed by atoms with van der Waals surface area (Å²) in [6.45, 7) is 2.15. The maximum Gasteiger partial charge on any atom is 0.425 e. The number of alkyl halides is 3. The van der Waals surface area contributed by atoms with E-state index in [4.69, 9.17) is 5.11 Å². The molecule has 20 heavy (non-hydrogen) atoms. The van der Waals surface area contributed by atoms with Crippen molar-refractivity contribution in [1.82, 2.24) is 4.89 Å². The van der Waals surface area contributed by atoms with Gasteiger partial charge in [-0.25, -0.2) is 13.2 Å². The van der Waals surface area contributed by atoms with Gasteiger partial charge in [-0.05, 0) is 19.9 Å². The van der Waals surface area contributed by atoms with Crippen LogP contribution in [0.4, 0.5) is 13.2 Å². The van der Waals surface area contributed by atoms with Crippen LogP contribution < -0.4 is 4.89 Å². The highest BCUT2D eigenvalue weighted by atomic mass is 32.2. The normalized spacial score (nSPS) is 13.4. The molecule has 0 fully saturated rings. The first kappa shape index (κ1) is 16.9. The first-order valence-electron chi connectivity index (χ1n) is 4.95. The monoisotopic (exact) mass is 333 g/mol. The number of rotatable bonds is 5. The third kappa shape index (κ3) is 3.91. The molecular formula is C9H10F3NO5S2. The van der Waals surface area contributed by atoms with Gasteiger partial charge in [0.25, 0.3) is 10.0 Å². The van der Waals surface area contributed by atoms with Crippen LogP contribution in [-0.2, 0) is 25.8 Å². The Morgan fingerprint density at radius 1 is 1.40 bits per heavy atom. The van der Waals surface area contributed by atoms with E-state index in [2.05, 4.69) is 4.84 Å². The number of sulfonamides is 1. The maximum atomic E-state index is 12.4. The van der Waals surface area contributed by atoms with E-state index in [0.717, 1.165) is 19.2 Å². The van der Waals surface area contributed by atoms with Crippen molar-refractivity contribution in [2.45, 2.75) is 30.5 Å². The lowest BCUT2D eigenvalue weighted by molar-refractivity contribution is -0.165. The fourth-order valence-electron chi connectivity index (χ4n) is 0.859. The Balaban J connectivity index is 2.90. The van der Waals surface area contributed by atoms with Gasteiger partial charge in [0.15, 0.2) is 5.60 Å². The van der Waals surface area contributed by atoms with Gasteiger partial charge in [0.1, 0.15) is 4.88 Å². The number of carboxylic acid groups (broad SMARTS) is 1. The van der Waals surface area contributed by atoms with Gasteiger partial charge in [-0.15, -0.1) is 11.3 Å². The molecule has 0 saturated heterocycles. The molecule has 0 amide bonds. The smallest absolute Gasteiger partial charge is 0.425 e.